The van der Waals surface area contributed by atoms with Gasteiger partial charge in [0.1, 0.15) is 17.1 Å². The average Bonchev–Trinajstić information content (AvgIpc) is 2.57. The van der Waals surface area contributed by atoms with E-state index in [1.165, 1.54) is 18.2 Å². The van der Waals surface area contributed by atoms with Gasteiger partial charge in [-0.05, 0) is 31.4 Å². The molecule has 1 heterocycles. The largest absolute Gasteiger partial charge is 0.507 e. The van der Waals surface area contributed by atoms with E-state index in [1.54, 1.807) is 4.90 Å². The molecule has 2 rings (SSSR count). The van der Waals surface area contributed by atoms with Gasteiger partial charge in [0.05, 0.1) is 0 Å². The van der Waals surface area contributed by atoms with Crippen LogP contribution in [0.3, 0.4) is 0 Å². The molecule has 1 amide bonds. The van der Waals surface area contributed by atoms with Crippen LogP contribution in [0.25, 0.3) is 0 Å². The van der Waals surface area contributed by atoms with Crippen LogP contribution < -0.4 is 0 Å². The molecule has 4 nitrogen and oxygen atoms in total. The van der Waals surface area contributed by atoms with Gasteiger partial charge in [0.2, 0.25) is 0 Å². The molecular formula is C13H17NO3. The Morgan fingerprint density at radius 1 is 1.29 bits per heavy atom. The highest BCUT2D eigenvalue weighted by molar-refractivity contribution is 5.99. The Balaban J connectivity index is 2.32. The summed E-state index contributed by atoms with van der Waals surface area (Å²) >= 11 is 0. The van der Waals surface area contributed by atoms with Gasteiger partial charge < -0.3 is 15.1 Å². The van der Waals surface area contributed by atoms with Crippen LogP contribution >= 0.6 is 0 Å². The summed E-state index contributed by atoms with van der Waals surface area (Å²) in [4.78, 5) is 14.0. The lowest BCUT2D eigenvalue weighted by Crippen LogP contribution is -2.34. The van der Waals surface area contributed by atoms with E-state index in [9.17, 15) is 15.0 Å². The molecule has 2 unspecified atom stereocenters. The lowest BCUT2D eigenvalue weighted by molar-refractivity contribution is 0.0737. The number of phenolic OH excluding ortho intramolecular Hbond substituents is 2. The van der Waals surface area contributed by atoms with Crippen molar-refractivity contribution < 1.29 is 15.0 Å². The molecule has 0 bridgehead atoms. The summed E-state index contributed by atoms with van der Waals surface area (Å²) in [5.41, 5.74) is 0.00782. The Labute approximate surface area is 100 Å². The second-order valence-electron chi connectivity index (χ2n) is 4.82. The first kappa shape index (κ1) is 11.8. The quantitative estimate of drug-likeness (QED) is 0.782. The second kappa shape index (κ2) is 4.28. The van der Waals surface area contributed by atoms with Crippen LogP contribution in [0.2, 0.25) is 0 Å². The predicted octanol–water partition coefficient (Wildman–Crippen LogP) is 1.97. The minimum Gasteiger partial charge on any atom is -0.507 e. The third kappa shape index (κ3) is 2.07. The molecule has 1 aromatic carbocycles. The molecule has 1 aromatic rings. The van der Waals surface area contributed by atoms with Crippen molar-refractivity contribution in [2.75, 3.05) is 6.54 Å². The van der Waals surface area contributed by atoms with Gasteiger partial charge >= 0.3 is 0 Å². The average molecular weight is 235 g/mol. The van der Waals surface area contributed by atoms with Crippen molar-refractivity contribution in [1.29, 1.82) is 0 Å². The van der Waals surface area contributed by atoms with Crippen molar-refractivity contribution >= 4 is 5.91 Å². The number of hydrogen-bond acceptors (Lipinski definition) is 3. The number of nitrogens with zero attached hydrogens (tertiary/aromatic N) is 1. The highest BCUT2D eigenvalue weighted by Gasteiger charge is 2.32. The van der Waals surface area contributed by atoms with E-state index in [4.69, 9.17) is 0 Å². The van der Waals surface area contributed by atoms with Crippen LogP contribution in [0.5, 0.6) is 11.5 Å². The van der Waals surface area contributed by atoms with Crippen molar-refractivity contribution in [3.63, 3.8) is 0 Å². The Morgan fingerprint density at radius 2 is 1.88 bits per heavy atom. The molecule has 0 aliphatic carbocycles. The van der Waals surface area contributed by atoms with Gasteiger partial charge in [0.25, 0.3) is 5.91 Å². The molecule has 1 aliphatic rings. The Bertz CT molecular complexity index is 424. The van der Waals surface area contributed by atoms with E-state index >= 15 is 0 Å². The van der Waals surface area contributed by atoms with E-state index in [2.05, 4.69) is 6.92 Å². The topological polar surface area (TPSA) is 60.8 Å². The van der Waals surface area contributed by atoms with Gasteiger partial charge in [-0.1, -0.05) is 13.0 Å². The number of carbonyl (C=O) groups is 1. The first-order chi connectivity index (χ1) is 8.00. The molecule has 1 aliphatic heterocycles. The van der Waals surface area contributed by atoms with Crippen LogP contribution in [-0.4, -0.2) is 33.6 Å². The Hall–Kier alpha value is -1.71. The zero-order valence-electron chi connectivity index (χ0n) is 10.1. The van der Waals surface area contributed by atoms with E-state index in [0.29, 0.717) is 12.5 Å². The molecular weight excluding hydrogens is 218 g/mol. The zero-order valence-corrected chi connectivity index (χ0v) is 10.1. The molecule has 17 heavy (non-hydrogen) atoms. The maximum absolute atomic E-state index is 12.3. The smallest absolute Gasteiger partial charge is 0.261 e. The minimum atomic E-state index is -0.294. The lowest BCUT2D eigenvalue weighted by atomic mass is 10.1. The first-order valence-corrected chi connectivity index (χ1v) is 5.82. The van der Waals surface area contributed by atoms with Crippen molar-refractivity contribution in [3.05, 3.63) is 23.8 Å². The van der Waals surface area contributed by atoms with E-state index in [-0.39, 0.29) is 29.0 Å². The van der Waals surface area contributed by atoms with E-state index in [0.717, 1.165) is 6.42 Å². The van der Waals surface area contributed by atoms with Crippen LogP contribution in [0.15, 0.2) is 18.2 Å². The molecule has 2 atom stereocenters. The van der Waals surface area contributed by atoms with Gasteiger partial charge in [0, 0.05) is 12.6 Å². The standard InChI is InChI=1S/C13H17NO3/c1-8-6-9(2)14(7-8)13(17)12-10(15)4-3-5-11(12)16/h3-5,8-9,15-16H,6-7H2,1-2H3. The van der Waals surface area contributed by atoms with Crippen molar-refractivity contribution in [1.82, 2.24) is 4.90 Å². The Kier molecular flexibility index (Phi) is 2.96. The summed E-state index contributed by atoms with van der Waals surface area (Å²) in [7, 11) is 0. The highest BCUT2D eigenvalue weighted by atomic mass is 16.3. The lowest BCUT2D eigenvalue weighted by Gasteiger charge is -2.22. The van der Waals surface area contributed by atoms with E-state index < -0.39 is 0 Å². The van der Waals surface area contributed by atoms with Gasteiger partial charge in [-0.3, -0.25) is 4.79 Å². The molecule has 4 heteroatoms. The number of carbonyl (C=O) groups excluding carboxylic acids is 1. The maximum atomic E-state index is 12.3. The van der Waals surface area contributed by atoms with Gasteiger partial charge in [-0.15, -0.1) is 0 Å². The van der Waals surface area contributed by atoms with Crippen molar-refractivity contribution in [3.8, 4) is 11.5 Å². The Morgan fingerprint density at radius 3 is 2.35 bits per heavy atom. The summed E-state index contributed by atoms with van der Waals surface area (Å²) < 4.78 is 0. The highest BCUT2D eigenvalue weighted by Crippen LogP contribution is 2.31. The number of aromatic hydroxyl groups is 2. The fourth-order valence-electron chi connectivity index (χ4n) is 2.47. The number of amides is 1. The number of rotatable bonds is 1. The summed E-state index contributed by atoms with van der Waals surface area (Å²) in [5, 5.41) is 19.3. The van der Waals surface area contributed by atoms with Gasteiger partial charge in [-0.2, -0.15) is 0 Å². The minimum absolute atomic E-state index is 0.00782. The van der Waals surface area contributed by atoms with Gasteiger partial charge in [-0.25, -0.2) is 0 Å². The maximum Gasteiger partial charge on any atom is 0.261 e. The van der Waals surface area contributed by atoms with Gasteiger partial charge in [0.15, 0.2) is 0 Å². The monoisotopic (exact) mass is 235 g/mol. The zero-order chi connectivity index (χ0) is 12.6. The molecule has 0 aromatic heterocycles. The third-order valence-corrected chi connectivity index (χ3v) is 3.28. The summed E-state index contributed by atoms with van der Waals surface area (Å²) in [5.74, 6) is -0.164. The van der Waals surface area contributed by atoms with Crippen molar-refractivity contribution in [2.45, 2.75) is 26.3 Å². The molecule has 0 spiro atoms. The fraction of sp³-hybridized carbons (Fsp3) is 0.462. The number of benzene rings is 1. The van der Waals surface area contributed by atoms with Crippen LogP contribution in [0.1, 0.15) is 30.6 Å². The number of likely N-dealkylation sites (tertiary alicyclic amines) is 1. The normalized spacial score (nSPS) is 24.0. The molecule has 1 fully saturated rings. The molecule has 1 saturated heterocycles. The number of hydrogen-bond donors (Lipinski definition) is 2. The van der Waals surface area contributed by atoms with Crippen molar-refractivity contribution in [2.24, 2.45) is 5.92 Å². The fourth-order valence-corrected chi connectivity index (χ4v) is 2.47. The predicted molar refractivity (Wildman–Crippen MR) is 64.1 cm³/mol. The van der Waals surface area contributed by atoms with Crippen LogP contribution in [0, 0.1) is 5.92 Å². The summed E-state index contributed by atoms with van der Waals surface area (Å²) in [6, 6.07) is 4.49. The van der Waals surface area contributed by atoms with Crippen LogP contribution in [-0.2, 0) is 0 Å². The second-order valence-corrected chi connectivity index (χ2v) is 4.82. The summed E-state index contributed by atoms with van der Waals surface area (Å²) in [6.45, 7) is 4.75. The first-order valence-electron chi connectivity index (χ1n) is 5.82. The molecule has 92 valence electrons. The third-order valence-electron chi connectivity index (χ3n) is 3.28. The SMILES string of the molecule is CC1CC(C)N(C(=O)c2c(O)cccc2O)C1. The molecule has 2 N–H and O–H groups in total. The van der Waals surface area contributed by atoms with E-state index in [1.807, 2.05) is 6.92 Å². The number of phenols is 2. The summed E-state index contributed by atoms with van der Waals surface area (Å²) in [6.07, 6.45) is 0.958. The molecule has 0 radical (unpaired) electrons. The molecule has 0 saturated carbocycles. The van der Waals surface area contributed by atoms with Crippen LogP contribution in [0.4, 0.5) is 0 Å².